The molecule has 0 bridgehead atoms. The fraction of sp³-hybridized carbons (Fsp3) is 0.727. The average molecular weight is 193 g/mol. The first-order chi connectivity index (χ1) is 6.74. The van der Waals surface area contributed by atoms with Crippen LogP contribution in [0, 0.1) is 0 Å². The van der Waals surface area contributed by atoms with Gasteiger partial charge in [-0.05, 0) is 32.4 Å². The van der Waals surface area contributed by atoms with E-state index in [0.29, 0.717) is 0 Å². The number of aryl methyl sites for hydroxylation is 1. The molecule has 2 rings (SSSR count). The molecule has 1 atom stereocenters. The summed E-state index contributed by atoms with van der Waals surface area (Å²) in [6.07, 6.45) is 4.59. The van der Waals surface area contributed by atoms with Crippen molar-refractivity contribution >= 4 is 0 Å². The fourth-order valence-corrected chi connectivity index (χ4v) is 2.13. The van der Waals surface area contributed by atoms with Crippen LogP contribution in [0.25, 0.3) is 0 Å². The van der Waals surface area contributed by atoms with Crippen LogP contribution in [0.2, 0.25) is 0 Å². The van der Waals surface area contributed by atoms with Crippen LogP contribution in [-0.2, 0) is 12.0 Å². The van der Waals surface area contributed by atoms with Gasteiger partial charge < -0.3 is 5.32 Å². The van der Waals surface area contributed by atoms with E-state index in [-0.39, 0.29) is 5.41 Å². The first-order valence-electron chi connectivity index (χ1n) is 5.49. The third kappa shape index (κ3) is 1.69. The standard InChI is InChI=1S/C11H19N3/c1-3-14-8-5-10(13-14)11(2)6-4-7-12-9-11/h5,8,12H,3-4,6-7,9H2,1-2H3. The van der Waals surface area contributed by atoms with Crippen LogP contribution < -0.4 is 5.32 Å². The lowest BCUT2D eigenvalue weighted by Gasteiger charge is -2.32. The molecule has 0 spiro atoms. The van der Waals surface area contributed by atoms with Gasteiger partial charge in [-0.1, -0.05) is 6.92 Å². The Hall–Kier alpha value is -0.830. The zero-order valence-electron chi connectivity index (χ0n) is 9.08. The summed E-state index contributed by atoms with van der Waals surface area (Å²) in [7, 11) is 0. The topological polar surface area (TPSA) is 29.9 Å². The molecule has 3 heteroatoms. The molecule has 0 amide bonds. The molecule has 2 heterocycles. The number of hydrogen-bond donors (Lipinski definition) is 1. The van der Waals surface area contributed by atoms with Crippen molar-refractivity contribution in [3.8, 4) is 0 Å². The highest BCUT2D eigenvalue weighted by Gasteiger charge is 2.30. The van der Waals surface area contributed by atoms with Crippen molar-refractivity contribution < 1.29 is 0 Å². The van der Waals surface area contributed by atoms with Gasteiger partial charge in [-0.15, -0.1) is 0 Å². The third-order valence-electron chi connectivity index (χ3n) is 3.18. The van der Waals surface area contributed by atoms with Crippen LogP contribution in [0.15, 0.2) is 12.3 Å². The maximum Gasteiger partial charge on any atom is 0.0696 e. The first-order valence-corrected chi connectivity index (χ1v) is 5.49. The van der Waals surface area contributed by atoms with E-state index >= 15 is 0 Å². The van der Waals surface area contributed by atoms with E-state index in [0.717, 1.165) is 19.6 Å². The number of piperidine rings is 1. The number of hydrogen-bond acceptors (Lipinski definition) is 2. The molecule has 1 unspecified atom stereocenters. The van der Waals surface area contributed by atoms with Crippen molar-refractivity contribution in [3.05, 3.63) is 18.0 Å². The van der Waals surface area contributed by atoms with Gasteiger partial charge in [0.1, 0.15) is 0 Å². The lowest BCUT2D eigenvalue weighted by atomic mass is 9.80. The quantitative estimate of drug-likeness (QED) is 0.772. The van der Waals surface area contributed by atoms with Gasteiger partial charge in [0.15, 0.2) is 0 Å². The van der Waals surface area contributed by atoms with Gasteiger partial charge in [0.05, 0.1) is 5.69 Å². The minimum atomic E-state index is 0.249. The zero-order valence-corrected chi connectivity index (χ0v) is 9.08. The first kappa shape index (κ1) is 9.71. The van der Waals surface area contributed by atoms with Gasteiger partial charge in [-0.2, -0.15) is 5.10 Å². The Labute approximate surface area is 85.5 Å². The SMILES string of the molecule is CCn1ccc(C2(C)CCCNC2)n1. The highest BCUT2D eigenvalue weighted by molar-refractivity contribution is 5.15. The summed E-state index contributed by atoms with van der Waals surface area (Å²) >= 11 is 0. The van der Waals surface area contributed by atoms with Crippen LogP contribution in [0.5, 0.6) is 0 Å². The van der Waals surface area contributed by atoms with E-state index in [1.54, 1.807) is 0 Å². The highest BCUT2D eigenvalue weighted by Crippen LogP contribution is 2.28. The number of aromatic nitrogens is 2. The Balaban J connectivity index is 2.19. The Morgan fingerprint density at radius 3 is 3.07 bits per heavy atom. The lowest BCUT2D eigenvalue weighted by Crippen LogP contribution is -2.41. The molecule has 1 aliphatic rings. The monoisotopic (exact) mass is 193 g/mol. The van der Waals surface area contributed by atoms with Crippen molar-refractivity contribution in [2.45, 2.75) is 38.6 Å². The van der Waals surface area contributed by atoms with Gasteiger partial charge in [-0.25, -0.2) is 0 Å². The predicted octanol–water partition coefficient (Wildman–Crippen LogP) is 1.54. The molecule has 1 saturated heterocycles. The minimum Gasteiger partial charge on any atom is -0.316 e. The molecule has 1 fully saturated rings. The number of nitrogens with zero attached hydrogens (tertiary/aromatic N) is 2. The van der Waals surface area contributed by atoms with Crippen LogP contribution in [0.3, 0.4) is 0 Å². The largest absolute Gasteiger partial charge is 0.316 e. The Morgan fingerprint density at radius 1 is 1.64 bits per heavy atom. The Bertz CT molecular complexity index is 297. The van der Waals surface area contributed by atoms with Gasteiger partial charge in [0.2, 0.25) is 0 Å². The van der Waals surface area contributed by atoms with Crippen molar-refractivity contribution in [1.82, 2.24) is 15.1 Å². The predicted molar refractivity (Wildman–Crippen MR) is 57.4 cm³/mol. The second-order valence-electron chi connectivity index (χ2n) is 4.40. The average Bonchev–Trinajstić information content (AvgIpc) is 2.67. The van der Waals surface area contributed by atoms with Gasteiger partial charge in [0.25, 0.3) is 0 Å². The summed E-state index contributed by atoms with van der Waals surface area (Å²) in [5.74, 6) is 0. The van der Waals surface area contributed by atoms with E-state index in [1.165, 1.54) is 18.5 Å². The molecular weight excluding hydrogens is 174 g/mol. The molecule has 0 saturated carbocycles. The second-order valence-corrected chi connectivity index (χ2v) is 4.40. The molecule has 1 N–H and O–H groups in total. The summed E-state index contributed by atoms with van der Waals surface area (Å²) in [4.78, 5) is 0. The number of rotatable bonds is 2. The smallest absolute Gasteiger partial charge is 0.0696 e. The van der Waals surface area contributed by atoms with E-state index in [4.69, 9.17) is 0 Å². The summed E-state index contributed by atoms with van der Waals surface area (Å²) in [5, 5.41) is 8.05. The molecule has 14 heavy (non-hydrogen) atoms. The molecule has 0 radical (unpaired) electrons. The molecule has 0 aliphatic carbocycles. The van der Waals surface area contributed by atoms with Crippen LogP contribution >= 0.6 is 0 Å². The molecule has 1 aromatic heterocycles. The molecule has 3 nitrogen and oxygen atoms in total. The van der Waals surface area contributed by atoms with Crippen molar-refractivity contribution in [3.63, 3.8) is 0 Å². The fourth-order valence-electron chi connectivity index (χ4n) is 2.13. The lowest BCUT2D eigenvalue weighted by molar-refractivity contribution is 0.329. The summed E-state index contributed by atoms with van der Waals surface area (Å²) < 4.78 is 2.01. The molecular formula is C11H19N3. The maximum absolute atomic E-state index is 4.60. The van der Waals surface area contributed by atoms with Gasteiger partial charge >= 0.3 is 0 Å². The van der Waals surface area contributed by atoms with Crippen LogP contribution in [-0.4, -0.2) is 22.9 Å². The second kappa shape index (κ2) is 3.73. The van der Waals surface area contributed by atoms with E-state index in [2.05, 4.69) is 36.5 Å². The molecule has 78 valence electrons. The minimum absolute atomic E-state index is 0.249. The normalized spacial score (nSPS) is 27.9. The summed E-state index contributed by atoms with van der Waals surface area (Å²) in [5.41, 5.74) is 1.49. The summed E-state index contributed by atoms with van der Waals surface area (Å²) in [6.45, 7) is 7.61. The summed E-state index contributed by atoms with van der Waals surface area (Å²) in [6, 6.07) is 2.16. The van der Waals surface area contributed by atoms with E-state index in [1.807, 2.05) is 4.68 Å². The highest BCUT2D eigenvalue weighted by atomic mass is 15.3. The van der Waals surface area contributed by atoms with Crippen LogP contribution in [0.4, 0.5) is 0 Å². The third-order valence-corrected chi connectivity index (χ3v) is 3.18. The van der Waals surface area contributed by atoms with Crippen LogP contribution in [0.1, 0.15) is 32.4 Å². The maximum atomic E-state index is 4.60. The molecule has 1 aromatic rings. The van der Waals surface area contributed by atoms with Crippen molar-refractivity contribution in [1.29, 1.82) is 0 Å². The molecule has 0 aromatic carbocycles. The Morgan fingerprint density at radius 2 is 2.50 bits per heavy atom. The molecule has 1 aliphatic heterocycles. The van der Waals surface area contributed by atoms with E-state index in [9.17, 15) is 0 Å². The van der Waals surface area contributed by atoms with Gasteiger partial charge in [0, 0.05) is 24.7 Å². The van der Waals surface area contributed by atoms with Crippen molar-refractivity contribution in [2.24, 2.45) is 0 Å². The van der Waals surface area contributed by atoms with Gasteiger partial charge in [-0.3, -0.25) is 4.68 Å². The van der Waals surface area contributed by atoms with E-state index < -0.39 is 0 Å². The Kier molecular flexibility index (Phi) is 2.59. The number of nitrogens with one attached hydrogen (secondary N) is 1. The van der Waals surface area contributed by atoms with Crippen molar-refractivity contribution in [2.75, 3.05) is 13.1 Å². The zero-order chi connectivity index (χ0) is 10.0.